The van der Waals surface area contributed by atoms with E-state index in [1.165, 1.54) is 16.9 Å². The van der Waals surface area contributed by atoms with E-state index in [1.807, 2.05) is 45.9 Å². The summed E-state index contributed by atoms with van der Waals surface area (Å²) in [6, 6.07) is 10.5. The van der Waals surface area contributed by atoms with Crippen molar-refractivity contribution in [1.82, 2.24) is 10.2 Å². The molecular weight excluding hydrogens is 354 g/mol. The normalized spacial score (nSPS) is 10.1. The Bertz CT molecular complexity index is 662. The summed E-state index contributed by atoms with van der Waals surface area (Å²) in [5.41, 5.74) is 2.97. The first kappa shape index (κ1) is 24.5. The molecule has 0 saturated carbocycles. The zero-order valence-corrected chi connectivity index (χ0v) is 17.6. The van der Waals surface area contributed by atoms with E-state index in [-0.39, 0.29) is 11.8 Å². The maximum Gasteiger partial charge on any atom is 0.228 e. The second-order valence-electron chi connectivity index (χ2n) is 5.46. The highest BCUT2D eigenvalue weighted by Crippen LogP contribution is 2.09. The van der Waals surface area contributed by atoms with Gasteiger partial charge in [0.1, 0.15) is 5.51 Å². The molecule has 146 valence electrons. The van der Waals surface area contributed by atoms with Gasteiger partial charge < -0.3 is 5.32 Å². The highest BCUT2D eigenvalue weighted by atomic mass is 32.1. The quantitative estimate of drug-likeness (QED) is 0.588. The molecule has 2 rings (SSSR count). The molecule has 1 N–H and O–H groups in total. The van der Waals surface area contributed by atoms with Gasteiger partial charge in [-0.05, 0) is 18.4 Å². The van der Waals surface area contributed by atoms with Crippen molar-refractivity contribution in [1.29, 1.82) is 0 Å². The summed E-state index contributed by atoms with van der Waals surface area (Å²) in [6.45, 7) is 11.3. The van der Waals surface area contributed by atoms with Gasteiger partial charge in [0.15, 0.2) is 0 Å². The second-order valence-corrected chi connectivity index (χ2v) is 6.29. The molecule has 27 heavy (non-hydrogen) atoms. The molecular formula is C22H31N3OS. The van der Waals surface area contributed by atoms with Crippen LogP contribution in [0.3, 0.4) is 0 Å². The van der Waals surface area contributed by atoms with E-state index in [2.05, 4.69) is 58.5 Å². The maximum atomic E-state index is 11.0. The molecule has 0 aliphatic heterocycles. The lowest BCUT2D eigenvalue weighted by atomic mass is 10.1. The zero-order chi connectivity index (χ0) is 20.3. The summed E-state index contributed by atoms with van der Waals surface area (Å²) in [5.74, 6) is -0.0411. The predicted molar refractivity (Wildman–Crippen MR) is 118 cm³/mol. The minimum Gasteiger partial charge on any atom is -0.300 e. The summed E-state index contributed by atoms with van der Waals surface area (Å²) in [7, 11) is 0. The third-order valence-electron chi connectivity index (χ3n) is 3.05. The molecule has 2 aromatic rings. The Kier molecular flexibility index (Phi) is 15.3. The van der Waals surface area contributed by atoms with Crippen molar-refractivity contribution >= 4 is 22.4 Å². The van der Waals surface area contributed by atoms with Gasteiger partial charge in [-0.2, -0.15) is 0 Å². The van der Waals surface area contributed by atoms with Gasteiger partial charge in [0.05, 0.1) is 0 Å². The SMILES string of the molecule is C=C/C=C\C=C/CCc1ccccc1.CC.CC(C)C(=O)Nc1nncs1. The molecule has 0 atom stereocenters. The third kappa shape index (κ3) is 13.3. The lowest BCUT2D eigenvalue weighted by molar-refractivity contribution is -0.118. The van der Waals surface area contributed by atoms with E-state index in [0.717, 1.165) is 12.8 Å². The highest BCUT2D eigenvalue weighted by molar-refractivity contribution is 7.13. The molecule has 0 fully saturated rings. The van der Waals surface area contributed by atoms with E-state index >= 15 is 0 Å². The van der Waals surface area contributed by atoms with Crippen LogP contribution in [0.25, 0.3) is 0 Å². The van der Waals surface area contributed by atoms with Gasteiger partial charge in [-0.3, -0.25) is 4.79 Å². The van der Waals surface area contributed by atoms with E-state index in [1.54, 1.807) is 11.6 Å². The number of anilines is 1. The van der Waals surface area contributed by atoms with Crippen molar-refractivity contribution in [2.24, 2.45) is 5.92 Å². The number of carbonyl (C=O) groups excluding carboxylic acids is 1. The topological polar surface area (TPSA) is 54.9 Å². The second kappa shape index (κ2) is 16.9. The first-order chi connectivity index (χ1) is 13.1. The number of aryl methyl sites for hydroxylation is 1. The molecule has 4 nitrogen and oxygen atoms in total. The van der Waals surface area contributed by atoms with Gasteiger partial charge in [0.2, 0.25) is 11.0 Å². The number of amides is 1. The Morgan fingerprint density at radius 2 is 1.89 bits per heavy atom. The molecule has 5 heteroatoms. The summed E-state index contributed by atoms with van der Waals surface area (Å²) in [4.78, 5) is 11.0. The Morgan fingerprint density at radius 1 is 1.19 bits per heavy atom. The average molecular weight is 386 g/mol. The van der Waals surface area contributed by atoms with E-state index in [9.17, 15) is 4.79 Å². The lowest BCUT2D eigenvalue weighted by Gasteiger charge is -2.01. The van der Waals surface area contributed by atoms with Crippen molar-refractivity contribution in [3.05, 3.63) is 78.4 Å². The molecule has 0 radical (unpaired) electrons. The van der Waals surface area contributed by atoms with Crippen LogP contribution in [0.2, 0.25) is 0 Å². The van der Waals surface area contributed by atoms with Crippen LogP contribution in [0.5, 0.6) is 0 Å². The predicted octanol–water partition coefficient (Wildman–Crippen LogP) is 6.08. The number of hydrogen-bond acceptors (Lipinski definition) is 4. The van der Waals surface area contributed by atoms with E-state index in [4.69, 9.17) is 0 Å². The third-order valence-corrected chi connectivity index (χ3v) is 3.66. The molecule has 0 aliphatic carbocycles. The van der Waals surface area contributed by atoms with Crippen LogP contribution in [-0.4, -0.2) is 16.1 Å². The van der Waals surface area contributed by atoms with Crippen LogP contribution in [0.1, 0.15) is 39.7 Å². The van der Waals surface area contributed by atoms with Crippen molar-refractivity contribution in [3.8, 4) is 0 Å². The van der Waals surface area contributed by atoms with Crippen molar-refractivity contribution in [2.45, 2.75) is 40.5 Å². The number of nitrogens with one attached hydrogen (secondary N) is 1. The van der Waals surface area contributed by atoms with Gasteiger partial charge in [-0.25, -0.2) is 0 Å². The molecule has 0 bridgehead atoms. The number of rotatable bonds is 7. The van der Waals surface area contributed by atoms with Gasteiger partial charge in [-0.15, -0.1) is 10.2 Å². The van der Waals surface area contributed by atoms with Gasteiger partial charge >= 0.3 is 0 Å². The van der Waals surface area contributed by atoms with Crippen LogP contribution in [0.4, 0.5) is 5.13 Å². The number of aromatic nitrogens is 2. The standard InChI is InChI=1S/C14H16.C6H9N3OS.C2H6/c1-2-3-4-5-6-8-11-14-12-9-7-10-13-14;1-4(2)5(10)8-6-9-7-3-11-6;1-2/h2-7,9-10,12-13H,1,8,11H2;3-4H,1-2H3,(H,8,9,10);1-2H3/b4-3-,6-5-;;. The first-order valence-electron chi connectivity index (χ1n) is 9.18. The van der Waals surface area contributed by atoms with Crippen LogP contribution in [-0.2, 0) is 11.2 Å². The molecule has 0 unspecified atom stereocenters. The molecule has 1 aromatic carbocycles. The van der Waals surface area contributed by atoms with Crippen LogP contribution in [0, 0.1) is 5.92 Å². The van der Waals surface area contributed by atoms with Crippen molar-refractivity contribution in [2.75, 3.05) is 5.32 Å². The Hall–Kier alpha value is -2.53. The van der Waals surface area contributed by atoms with Crippen LogP contribution in [0.15, 0.2) is 72.8 Å². The van der Waals surface area contributed by atoms with E-state index in [0.29, 0.717) is 5.13 Å². The number of hydrogen-bond donors (Lipinski definition) is 1. The summed E-state index contributed by atoms with van der Waals surface area (Å²) in [6.07, 6.45) is 12.1. The number of allylic oxidation sites excluding steroid dienone is 5. The molecule has 1 amide bonds. The monoisotopic (exact) mass is 385 g/mol. The number of carbonyl (C=O) groups is 1. The Morgan fingerprint density at radius 3 is 2.44 bits per heavy atom. The fourth-order valence-corrected chi connectivity index (χ4v) is 2.14. The van der Waals surface area contributed by atoms with Crippen LogP contribution < -0.4 is 5.32 Å². The summed E-state index contributed by atoms with van der Waals surface area (Å²) >= 11 is 1.31. The lowest BCUT2D eigenvalue weighted by Crippen LogP contribution is -2.17. The molecule has 0 saturated heterocycles. The largest absolute Gasteiger partial charge is 0.300 e. The summed E-state index contributed by atoms with van der Waals surface area (Å²) < 4.78 is 0. The first-order valence-corrected chi connectivity index (χ1v) is 10.1. The Labute approximate surface area is 167 Å². The number of nitrogens with zero attached hydrogens (tertiary/aromatic N) is 2. The number of benzene rings is 1. The van der Waals surface area contributed by atoms with Crippen molar-refractivity contribution in [3.63, 3.8) is 0 Å². The molecule has 0 aliphatic rings. The zero-order valence-electron chi connectivity index (χ0n) is 16.8. The fraction of sp³-hybridized carbons (Fsp3) is 0.318. The minimum atomic E-state index is -0.0262. The highest BCUT2D eigenvalue weighted by Gasteiger charge is 2.07. The van der Waals surface area contributed by atoms with Crippen molar-refractivity contribution < 1.29 is 4.79 Å². The van der Waals surface area contributed by atoms with Gasteiger partial charge in [-0.1, -0.05) is 106 Å². The molecule has 0 spiro atoms. The fourth-order valence-electron chi connectivity index (χ4n) is 1.69. The average Bonchev–Trinajstić information content (AvgIpc) is 3.20. The minimum absolute atomic E-state index is 0.0149. The van der Waals surface area contributed by atoms with Gasteiger partial charge in [0.25, 0.3) is 0 Å². The van der Waals surface area contributed by atoms with Gasteiger partial charge in [0, 0.05) is 5.92 Å². The summed E-state index contributed by atoms with van der Waals surface area (Å²) in [5, 5.41) is 10.4. The smallest absolute Gasteiger partial charge is 0.228 e. The Balaban J connectivity index is 0.000000469. The van der Waals surface area contributed by atoms with Crippen LogP contribution >= 0.6 is 11.3 Å². The van der Waals surface area contributed by atoms with E-state index < -0.39 is 0 Å². The maximum absolute atomic E-state index is 11.0. The molecule has 1 heterocycles. The molecule has 1 aromatic heterocycles.